The van der Waals surface area contributed by atoms with E-state index >= 15 is 0 Å². The molecule has 0 radical (unpaired) electrons. The van der Waals surface area contributed by atoms with E-state index in [1.807, 2.05) is 41.1 Å². The average molecular weight is 416 g/mol. The van der Waals surface area contributed by atoms with Crippen LogP contribution < -0.4 is 10.1 Å². The molecule has 3 aromatic rings. The maximum atomic E-state index is 12.3. The number of carbonyl (C=O) groups excluding carboxylic acids is 1. The molecule has 1 saturated carbocycles. The van der Waals surface area contributed by atoms with E-state index in [9.17, 15) is 4.79 Å². The van der Waals surface area contributed by atoms with E-state index in [0.29, 0.717) is 24.0 Å². The number of ether oxygens (including phenoxy) is 1. The Balaban J connectivity index is 1.27. The van der Waals surface area contributed by atoms with Gasteiger partial charge in [0.15, 0.2) is 10.6 Å². The summed E-state index contributed by atoms with van der Waals surface area (Å²) in [4.78, 5) is 16.7. The average Bonchev–Trinajstić information content (AvgIpc) is 3.31. The van der Waals surface area contributed by atoms with Crippen molar-refractivity contribution in [3.63, 3.8) is 0 Å². The lowest BCUT2D eigenvalue weighted by molar-refractivity contribution is -0.120. The normalized spacial score (nSPS) is 13.5. The van der Waals surface area contributed by atoms with E-state index in [4.69, 9.17) is 17.0 Å². The Morgan fingerprint density at radius 2 is 2.18 bits per heavy atom. The summed E-state index contributed by atoms with van der Waals surface area (Å²) in [5.74, 6) is 1.49. The zero-order valence-corrected chi connectivity index (χ0v) is 17.1. The first kappa shape index (κ1) is 18.8. The summed E-state index contributed by atoms with van der Waals surface area (Å²) in [6.45, 7) is 2.79. The highest BCUT2D eigenvalue weighted by Gasteiger charge is 2.27. The van der Waals surface area contributed by atoms with Gasteiger partial charge in [-0.05, 0) is 44.1 Å². The van der Waals surface area contributed by atoms with Gasteiger partial charge < -0.3 is 10.1 Å². The molecule has 9 heteroatoms. The fourth-order valence-corrected chi connectivity index (χ4v) is 3.86. The number of thiazole rings is 1. The van der Waals surface area contributed by atoms with Crippen molar-refractivity contribution < 1.29 is 9.53 Å². The first-order valence-corrected chi connectivity index (χ1v) is 10.4. The maximum Gasteiger partial charge on any atom is 0.226 e. The number of H-pyrrole nitrogens is 1. The Hall–Kier alpha value is -2.52. The first-order valence-electron chi connectivity index (χ1n) is 9.14. The van der Waals surface area contributed by atoms with E-state index < -0.39 is 0 Å². The van der Waals surface area contributed by atoms with Gasteiger partial charge in [-0.15, -0.1) is 11.3 Å². The second-order valence-electron chi connectivity index (χ2n) is 6.83. The Bertz CT molecular complexity index is 1020. The summed E-state index contributed by atoms with van der Waals surface area (Å²) in [5.41, 5.74) is 1.93. The molecule has 1 aromatic carbocycles. The molecule has 2 N–H and O–H groups in total. The molecular weight excluding hydrogens is 394 g/mol. The smallest absolute Gasteiger partial charge is 0.226 e. The number of hydrogen-bond donors (Lipinski definition) is 2. The van der Waals surface area contributed by atoms with Crippen molar-refractivity contribution in [2.45, 2.75) is 45.4 Å². The second kappa shape index (κ2) is 8.24. The lowest BCUT2D eigenvalue weighted by atomic mass is 10.2. The van der Waals surface area contributed by atoms with Gasteiger partial charge in [0.2, 0.25) is 5.91 Å². The number of benzene rings is 1. The standard InChI is InChI=1S/C19H21N5O2S2/c1-12-2-6-15(7-3-12)26-10-18-21-13(11-28-18)8-17(25)20-9-16-22-23-19(27)24(16)14-4-5-14/h2-3,6-7,11,14H,4-5,8-10H2,1H3,(H,20,25)(H,23,27). The Labute approximate surface area is 171 Å². The van der Waals surface area contributed by atoms with Crippen LogP contribution in [0.5, 0.6) is 5.75 Å². The third-order valence-corrected chi connectivity index (χ3v) is 5.62. The van der Waals surface area contributed by atoms with Crippen molar-refractivity contribution in [2.75, 3.05) is 0 Å². The van der Waals surface area contributed by atoms with Crippen molar-refractivity contribution in [1.29, 1.82) is 0 Å². The van der Waals surface area contributed by atoms with Crippen LogP contribution in [0.2, 0.25) is 0 Å². The van der Waals surface area contributed by atoms with Crippen LogP contribution in [0.25, 0.3) is 0 Å². The highest BCUT2D eigenvalue weighted by molar-refractivity contribution is 7.71. The number of aromatic amines is 1. The summed E-state index contributed by atoms with van der Waals surface area (Å²) < 4.78 is 8.35. The van der Waals surface area contributed by atoms with E-state index in [1.165, 1.54) is 16.9 Å². The Morgan fingerprint density at radius 3 is 2.93 bits per heavy atom. The molecule has 0 saturated heterocycles. The largest absolute Gasteiger partial charge is 0.486 e. The minimum absolute atomic E-state index is 0.0902. The molecule has 0 spiro atoms. The van der Waals surface area contributed by atoms with Crippen LogP contribution in [0.3, 0.4) is 0 Å². The van der Waals surface area contributed by atoms with Crippen LogP contribution in [0.4, 0.5) is 0 Å². The van der Waals surface area contributed by atoms with Gasteiger partial charge >= 0.3 is 0 Å². The van der Waals surface area contributed by atoms with Gasteiger partial charge in [0.05, 0.1) is 18.7 Å². The van der Waals surface area contributed by atoms with Crippen molar-refractivity contribution in [2.24, 2.45) is 0 Å². The van der Waals surface area contributed by atoms with Crippen LogP contribution in [-0.2, 0) is 24.4 Å². The molecule has 28 heavy (non-hydrogen) atoms. The van der Waals surface area contributed by atoms with Crippen LogP contribution in [0.1, 0.15) is 41.0 Å². The van der Waals surface area contributed by atoms with Crippen LogP contribution in [0.15, 0.2) is 29.6 Å². The van der Waals surface area contributed by atoms with E-state index in [0.717, 1.165) is 35.1 Å². The predicted octanol–water partition coefficient (Wildman–Crippen LogP) is 3.48. The topological polar surface area (TPSA) is 84.8 Å². The maximum absolute atomic E-state index is 12.3. The van der Waals surface area contributed by atoms with Gasteiger partial charge in [-0.25, -0.2) is 4.98 Å². The van der Waals surface area contributed by atoms with Crippen LogP contribution in [0, 0.1) is 11.7 Å². The summed E-state index contributed by atoms with van der Waals surface area (Å²) in [6, 6.07) is 8.32. The quantitative estimate of drug-likeness (QED) is 0.550. The number of rotatable bonds is 8. The van der Waals surface area contributed by atoms with Gasteiger partial charge in [-0.2, -0.15) is 5.10 Å². The summed E-state index contributed by atoms with van der Waals surface area (Å²) in [6.07, 6.45) is 2.46. The van der Waals surface area contributed by atoms with Crippen molar-refractivity contribution in [1.82, 2.24) is 25.1 Å². The van der Waals surface area contributed by atoms with Gasteiger partial charge in [0, 0.05) is 11.4 Å². The number of nitrogens with zero attached hydrogens (tertiary/aromatic N) is 3. The van der Waals surface area contributed by atoms with E-state index in [1.54, 1.807) is 0 Å². The zero-order chi connectivity index (χ0) is 19.5. The van der Waals surface area contributed by atoms with E-state index in [-0.39, 0.29) is 12.3 Å². The highest BCUT2D eigenvalue weighted by atomic mass is 32.1. The molecular formula is C19H21N5O2S2. The Morgan fingerprint density at radius 1 is 1.39 bits per heavy atom. The molecule has 2 aromatic heterocycles. The lowest BCUT2D eigenvalue weighted by Gasteiger charge is -2.06. The van der Waals surface area contributed by atoms with Crippen molar-refractivity contribution in [3.05, 3.63) is 56.5 Å². The second-order valence-corrected chi connectivity index (χ2v) is 8.16. The molecule has 0 bridgehead atoms. The van der Waals surface area contributed by atoms with Gasteiger partial charge in [0.25, 0.3) is 0 Å². The summed E-state index contributed by atoms with van der Waals surface area (Å²) >= 11 is 6.75. The number of carbonyl (C=O) groups is 1. The number of aryl methyl sites for hydroxylation is 1. The van der Waals surface area contributed by atoms with Gasteiger partial charge in [0.1, 0.15) is 17.4 Å². The molecule has 7 nitrogen and oxygen atoms in total. The van der Waals surface area contributed by atoms with Crippen LogP contribution in [-0.4, -0.2) is 25.7 Å². The minimum Gasteiger partial charge on any atom is -0.486 e. The predicted molar refractivity (Wildman–Crippen MR) is 109 cm³/mol. The molecule has 1 fully saturated rings. The zero-order valence-electron chi connectivity index (χ0n) is 15.5. The molecule has 0 aliphatic heterocycles. The molecule has 0 atom stereocenters. The summed E-state index contributed by atoms with van der Waals surface area (Å²) in [7, 11) is 0. The molecule has 1 aliphatic carbocycles. The SMILES string of the molecule is Cc1ccc(OCc2nc(CC(=O)NCc3n[nH]c(=S)n3C3CC3)cs2)cc1. The lowest BCUT2D eigenvalue weighted by Crippen LogP contribution is -2.26. The molecule has 0 unspecified atom stereocenters. The number of aromatic nitrogens is 4. The van der Waals surface area contributed by atoms with Crippen LogP contribution >= 0.6 is 23.6 Å². The molecule has 1 amide bonds. The molecule has 2 heterocycles. The molecule has 1 aliphatic rings. The third-order valence-electron chi connectivity index (χ3n) is 4.46. The van der Waals surface area contributed by atoms with Gasteiger partial charge in [-0.3, -0.25) is 14.5 Å². The molecule has 4 rings (SSSR count). The fourth-order valence-electron chi connectivity index (χ4n) is 2.85. The minimum atomic E-state index is -0.0902. The number of nitrogens with one attached hydrogen (secondary N) is 2. The van der Waals surface area contributed by atoms with E-state index in [2.05, 4.69) is 20.5 Å². The fraction of sp³-hybridized carbons (Fsp3) is 0.368. The van der Waals surface area contributed by atoms with Crippen molar-refractivity contribution in [3.8, 4) is 5.75 Å². The molecule has 146 valence electrons. The third kappa shape index (κ3) is 4.66. The monoisotopic (exact) mass is 415 g/mol. The summed E-state index contributed by atoms with van der Waals surface area (Å²) in [5, 5.41) is 12.7. The Kier molecular flexibility index (Phi) is 5.54. The number of hydrogen-bond acceptors (Lipinski definition) is 6. The number of amides is 1. The highest BCUT2D eigenvalue weighted by Crippen LogP contribution is 2.35. The first-order chi connectivity index (χ1) is 13.6. The van der Waals surface area contributed by atoms with Crippen molar-refractivity contribution >= 4 is 29.5 Å². The van der Waals surface area contributed by atoms with Gasteiger partial charge in [-0.1, -0.05) is 17.7 Å².